The van der Waals surface area contributed by atoms with Gasteiger partial charge in [-0.3, -0.25) is 9.59 Å². The molecule has 0 unspecified atom stereocenters. The second kappa shape index (κ2) is 11.7. The maximum absolute atomic E-state index is 14.1. The summed E-state index contributed by atoms with van der Waals surface area (Å²) in [6.45, 7) is 1.38. The first-order valence-electron chi connectivity index (χ1n) is 11.9. The minimum Gasteiger partial charge on any atom is -0.376 e. The molecule has 8 nitrogen and oxygen atoms in total. The molecule has 2 aromatic rings. The van der Waals surface area contributed by atoms with Crippen molar-refractivity contribution >= 4 is 39.1 Å². The van der Waals surface area contributed by atoms with Gasteiger partial charge in [-0.05, 0) is 49.9 Å². The highest BCUT2D eigenvalue weighted by Crippen LogP contribution is 2.27. The highest BCUT2D eigenvalue weighted by Gasteiger charge is 2.32. The average molecular weight is 538 g/mol. The van der Waals surface area contributed by atoms with Gasteiger partial charge in [-0.25, -0.2) is 17.1 Å². The molecule has 2 aromatic carbocycles. The van der Waals surface area contributed by atoms with Crippen LogP contribution in [0.4, 0.5) is 10.1 Å². The molecule has 36 heavy (non-hydrogen) atoms. The van der Waals surface area contributed by atoms with E-state index in [1.54, 1.807) is 24.3 Å². The van der Waals surface area contributed by atoms with Crippen molar-refractivity contribution in [1.29, 1.82) is 0 Å². The van der Waals surface area contributed by atoms with Crippen molar-refractivity contribution in [3.05, 3.63) is 64.4 Å². The Morgan fingerprint density at radius 3 is 2.53 bits per heavy atom. The van der Waals surface area contributed by atoms with E-state index < -0.39 is 27.5 Å². The van der Waals surface area contributed by atoms with Crippen molar-refractivity contribution in [1.82, 2.24) is 9.62 Å². The van der Waals surface area contributed by atoms with E-state index >= 15 is 0 Å². The number of rotatable bonds is 8. The zero-order chi connectivity index (χ0) is 25.7. The molecule has 2 aliphatic heterocycles. The Kier molecular flexibility index (Phi) is 8.61. The highest BCUT2D eigenvalue weighted by atomic mass is 35.5. The Hall–Kier alpha value is -2.53. The van der Waals surface area contributed by atoms with Crippen LogP contribution in [0.25, 0.3) is 0 Å². The minimum atomic E-state index is -3.81. The quantitative estimate of drug-likeness (QED) is 0.535. The van der Waals surface area contributed by atoms with E-state index in [1.165, 1.54) is 22.5 Å². The molecular weight excluding hydrogens is 509 g/mol. The maximum atomic E-state index is 14.1. The Morgan fingerprint density at radius 2 is 1.83 bits per heavy atom. The van der Waals surface area contributed by atoms with Gasteiger partial charge in [0.2, 0.25) is 15.9 Å². The van der Waals surface area contributed by atoms with Crippen LogP contribution in [0, 0.1) is 11.7 Å². The molecule has 0 aliphatic carbocycles. The van der Waals surface area contributed by atoms with Crippen LogP contribution in [-0.4, -0.2) is 56.9 Å². The monoisotopic (exact) mass is 537 g/mol. The SMILES string of the molecule is O=C(NC[C@@H]1CCCO1)c1ccccc1NC(=O)C1CCN(S(=O)(=O)Cc2c(F)cccc2Cl)CC1. The van der Waals surface area contributed by atoms with E-state index in [4.69, 9.17) is 16.3 Å². The summed E-state index contributed by atoms with van der Waals surface area (Å²) in [5.74, 6) is -2.20. The van der Waals surface area contributed by atoms with Gasteiger partial charge in [0, 0.05) is 42.7 Å². The molecule has 2 heterocycles. The van der Waals surface area contributed by atoms with Gasteiger partial charge >= 0.3 is 0 Å². The van der Waals surface area contributed by atoms with Crippen LogP contribution in [0.2, 0.25) is 5.02 Å². The standard InChI is InChI=1S/C25H29ClFN3O5S/c26-21-7-3-8-22(27)20(21)16-36(33,34)30-12-10-17(11-13-30)24(31)29-23-9-2-1-6-19(23)25(32)28-15-18-5-4-14-35-18/h1-3,6-9,17-18H,4-5,10-16H2,(H,28,32)(H,29,31)/t18-/m0/s1. The minimum absolute atomic E-state index is 0.00609. The van der Waals surface area contributed by atoms with Crippen LogP contribution >= 0.6 is 11.6 Å². The van der Waals surface area contributed by atoms with Gasteiger partial charge in [0.1, 0.15) is 5.82 Å². The summed E-state index contributed by atoms with van der Waals surface area (Å²) >= 11 is 5.99. The number of benzene rings is 2. The zero-order valence-corrected chi connectivity index (χ0v) is 21.3. The van der Waals surface area contributed by atoms with E-state index in [1.807, 2.05) is 0 Å². The normalized spacial score (nSPS) is 19.2. The van der Waals surface area contributed by atoms with E-state index in [9.17, 15) is 22.4 Å². The largest absolute Gasteiger partial charge is 0.376 e. The van der Waals surface area contributed by atoms with Crippen molar-refractivity contribution in [2.45, 2.75) is 37.5 Å². The number of nitrogens with one attached hydrogen (secondary N) is 2. The molecule has 2 saturated heterocycles. The van der Waals surface area contributed by atoms with Gasteiger partial charge in [0.15, 0.2) is 0 Å². The van der Waals surface area contributed by atoms with E-state index in [0.717, 1.165) is 12.8 Å². The molecule has 0 bridgehead atoms. The first-order valence-corrected chi connectivity index (χ1v) is 13.9. The summed E-state index contributed by atoms with van der Waals surface area (Å²) in [5, 5.41) is 5.75. The molecule has 11 heteroatoms. The fourth-order valence-corrected chi connectivity index (χ4v) is 6.39. The van der Waals surface area contributed by atoms with Crippen molar-refractivity contribution in [2.24, 2.45) is 5.92 Å². The third-order valence-corrected chi connectivity index (χ3v) is 8.71. The van der Waals surface area contributed by atoms with Crippen LogP contribution in [0.15, 0.2) is 42.5 Å². The second-order valence-corrected chi connectivity index (χ2v) is 11.4. The Bertz CT molecular complexity index is 1190. The van der Waals surface area contributed by atoms with Gasteiger partial charge in [-0.15, -0.1) is 0 Å². The number of sulfonamides is 1. The summed E-state index contributed by atoms with van der Waals surface area (Å²) in [6, 6.07) is 10.8. The topological polar surface area (TPSA) is 105 Å². The first kappa shape index (κ1) is 26.5. The summed E-state index contributed by atoms with van der Waals surface area (Å²) in [7, 11) is -3.81. The fraction of sp³-hybridized carbons (Fsp3) is 0.440. The van der Waals surface area contributed by atoms with E-state index in [0.29, 0.717) is 37.2 Å². The number of carbonyl (C=O) groups excluding carboxylic acids is 2. The fourth-order valence-electron chi connectivity index (χ4n) is 4.47. The highest BCUT2D eigenvalue weighted by molar-refractivity contribution is 7.88. The van der Waals surface area contributed by atoms with Gasteiger partial charge in [-0.2, -0.15) is 0 Å². The van der Waals surface area contributed by atoms with Crippen LogP contribution in [0.3, 0.4) is 0 Å². The average Bonchev–Trinajstić information content (AvgIpc) is 3.39. The Balaban J connectivity index is 1.33. The van der Waals surface area contributed by atoms with Gasteiger partial charge in [0.05, 0.1) is 23.1 Å². The van der Waals surface area contributed by atoms with Crippen molar-refractivity contribution < 1.29 is 27.1 Å². The van der Waals surface area contributed by atoms with Gasteiger partial charge in [0.25, 0.3) is 5.91 Å². The lowest BCUT2D eigenvalue weighted by molar-refractivity contribution is -0.120. The Morgan fingerprint density at radius 1 is 1.08 bits per heavy atom. The van der Waals surface area contributed by atoms with Gasteiger partial charge in [-0.1, -0.05) is 29.8 Å². The third kappa shape index (κ3) is 6.42. The van der Waals surface area contributed by atoms with Gasteiger partial charge < -0.3 is 15.4 Å². The lowest BCUT2D eigenvalue weighted by atomic mass is 9.97. The van der Waals surface area contributed by atoms with Crippen LogP contribution in [-0.2, 0) is 25.3 Å². The molecule has 2 fully saturated rings. The number of piperidine rings is 1. The molecule has 1 atom stereocenters. The number of amides is 2. The number of nitrogens with zero attached hydrogens (tertiary/aromatic N) is 1. The molecule has 2 amide bonds. The predicted molar refractivity (Wildman–Crippen MR) is 135 cm³/mol. The number of ether oxygens (including phenoxy) is 1. The number of hydrogen-bond donors (Lipinski definition) is 2. The predicted octanol–water partition coefficient (Wildman–Crippen LogP) is 3.57. The number of carbonyl (C=O) groups is 2. The number of anilines is 1. The molecule has 194 valence electrons. The van der Waals surface area contributed by atoms with Crippen molar-refractivity contribution in [3.8, 4) is 0 Å². The first-order chi connectivity index (χ1) is 17.2. The summed E-state index contributed by atoms with van der Waals surface area (Å²) in [5.41, 5.74) is 0.690. The third-order valence-electron chi connectivity index (χ3n) is 6.55. The molecule has 4 rings (SSSR count). The molecule has 0 aromatic heterocycles. The molecule has 2 N–H and O–H groups in total. The van der Waals surface area contributed by atoms with Crippen LogP contribution in [0.5, 0.6) is 0 Å². The zero-order valence-electron chi connectivity index (χ0n) is 19.7. The van der Waals surface area contributed by atoms with Crippen molar-refractivity contribution in [2.75, 3.05) is 31.6 Å². The smallest absolute Gasteiger partial charge is 0.253 e. The van der Waals surface area contributed by atoms with Crippen molar-refractivity contribution in [3.63, 3.8) is 0 Å². The van der Waals surface area contributed by atoms with Crippen LogP contribution in [0.1, 0.15) is 41.6 Å². The number of halogens is 2. The Labute approximate surface area is 215 Å². The molecular formula is C25H29ClFN3O5S. The van der Waals surface area contributed by atoms with Crippen LogP contribution < -0.4 is 10.6 Å². The second-order valence-electron chi connectivity index (χ2n) is 9.01. The number of hydrogen-bond acceptors (Lipinski definition) is 5. The molecule has 0 radical (unpaired) electrons. The molecule has 0 spiro atoms. The summed E-state index contributed by atoms with van der Waals surface area (Å²) in [4.78, 5) is 25.7. The van der Waals surface area contributed by atoms with E-state index in [-0.39, 0.29) is 41.6 Å². The lowest BCUT2D eigenvalue weighted by Crippen LogP contribution is -2.42. The number of para-hydroxylation sites is 1. The molecule has 0 saturated carbocycles. The summed E-state index contributed by atoms with van der Waals surface area (Å²) < 4.78 is 46.6. The lowest BCUT2D eigenvalue weighted by Gasteiger charge is -2.30. The van der Waals surface area contributed by atoms with E-state index in [2.05, 4.69) is 10.6 Å². The maximum Gasteiger partial charge on any atom is 0.253 e. The summed E-state index contributed by atoms with van der Waals surface area (Å²) in [6.07, 6.45) is 2.50. The molecule has 2 aliphatic rings.